The molecule has 0 unspecified atom stereocenters. The summed E-state index contributed by atoms with van der Waals surface area (Å²) in [5.74, 6) is 0. The van der Waals surface area contributed by atoms with Gasteiger partial charge >= 0.3 is 0 Å². The third-order valence-electron chi connectivity index (χ3n) is 9.71. The van der Waals surface area contributed by atoms with Gasteiger partial charge in [0.2, 0.25) is 0 Å². The van der Waals surface area contributed by atoms with Gasteiger partial charge in [-0.2, -0.15) is 5.10 Å². The van der Waals surface area contributed by atoms with Crippen LogP contribution in [0.5, 0.6) is 0 Å². The van der Waals surface area contributed by atoms with Gasteiger partial charge < -0.3 is 4.57 Å². The summed E-state index contributed by atoms with van der Waals surface area (Å²) in [5, 5.41) is 11.2. The number of aromatic nitrogens is 2. The van der Waals surface area contributed by atoms with Crippen LogP contribution in [0, 0.1) is 0 Å². The van der Waals surface area contributed by atoms with Crippen LogP contribution < -0.4 is 15.9 Å². The molecule has 4 heteroatoms. The highest BCUT2D eigenvalue weighted by Crippen LogP contribution is 2.49. The molecular formula is C47H33N2OP. The van der Waals surface area contributed by atoms with Crippen LogP contribution in [0.3, 0.4) is 0 Å². The van der Waals surface area contributed by atoms with Crippen LogP contribution in [-0.4, -0.2) is 9.78 Å². The van der Waals surface area contributed by atoms with Gasteiger partial charge in [-0.1, -0.05) is 188 Å². The van der Waals surface area contributed by atoms with Gasteiger partial charge in [-0.25, -0.2) is 4.68 Å². The van der Waals surface area contributed by atoms with Crippen molar-refractivity contribution in [1.82, 2.24) is 9.78 Å². The summed E-state index contributed by atoms with van der Waals surface area (Å²) < 4.78 is 17.4. The monoisotopic (exact) mass is 672 g/mol. The molecule has 51 heavy (non-hydrogen) atoms. The lowest BCUT2D eigenvalue weighted by Crippen LogP contribution is -2.24. The van der Waals surface area contributed by atoms with Crippen LogP contribution in [-0.2, 0) is 4.57 Å². The Morgan fingerprint density at radius 2 is 0.824 bits per heavy atom. The molecule has 0 saturated carbocycles. The third-order valence-corrected chi connectivity index (χ3v) is 12.8. The molecule has 0 fully saturated rings. The van der Waals surface area contributed by atoms with E-state index in [0.29, 0.717) is 0 Å². The lowest BCUT2D eigenvalue weighted by Gasteiger charge is -2.21. The molecule has 0 bridgehead atoms. The molecule has 242 valence electrons. The molecule has 9 aromatic rings. The minimum absolute atomic E-state index is 0.803. The normalized spacial score (nSPS) is 11.6. The quantitative estimate of drug-likeness (QED) is 0.158. The molecule has 9 rings (SSSR count). The summed E-state index contributed by atoms with van der Waals surface area (Å²) in [6.07, 6.45) is 0. The van der Waals surface area contributed by atoms with E-state index in [4.69, 9.17) is 5.10 Å². The fourth-order valence-electron chi connectivity index (χ4n) is 7.38. The second kappa shape index (κ2) is 12.9. The zero-order valence-electron chi connectivity index (χ0n) is 27.8. The standard InChI is InChI=1S/C47H33N2OP/c50-51(38-24-12-4-13-25-38,39-26-14-5-15-27-39)40-32-30-35(31-33-40)43-41-28-16-17-29-42(41)47-45(44(43)34-18-6-1-7-19-34)46(36-20-8-2-9-21-36)48-49(47)37-22-10-3-11-23-37/h1-33H. The third kappa shape index (κ3) is 5.22. The first-order valence-electron chi connectivity index (χ1n) is 17.2. The number of nitrogens with zero attached hydrogens (tertiary/aromatic N) is 2. The number of para-hydroxylation sites is 1. The summed E-state index contributed by atoms with van der Waals surface area (Å²) in [4.78, 5) is 0. The lowest BCUT2D eigenvalue weighted by atomic mass is 9.85. The van der Waals surface area contributed by atoms with E-state index in [0.717, 1.165) is 76.8 Å². The number of rotatable bonds is 7. The van der Waals surface area contributed by atoms with Gasteiger partial charge in [0.25, 0.3) is 0 Å². The van der Waals surface area contributed by atoms with Crippen molar-refractivity contribution >= 4 is 44.7 Å². The minimum atomic E-state index is -3.14. The number of hydrogen-bond acceptors (Lipinski definition) is 2. The Bertz CT molecular complexity index is 2630. The Morgan fingerprint density at radius 1 is 0.392 bits per heavy atom. The van der Waals surface area contributed by atoms with Crippen molar-refractivity contribution in [3.8, 4) is 39.2 Å². The van der Waals surface area contributed by atoms with E-state index in [1.807, 2.05) is 72.8 Å². The molecule has 0 amide bonds. The van der Waals surface area contributed by atoms with E-state index in [-0.39, 0.29) is 0 Å². The maximum atomic E-state index is 15.3. The molecule has 1 heterocycles. The average Bonchev–Trinajstić information content (AvgIpc) is 3.62. The van der Waals surface area contributed by atoms with Crippen molar-refractivity contribution < 1.29 is 4.57 Å². The Labute approximate surface area is 297 Å². The van der Waals surface area contributed by atoms with Gasteiger partial charge in [-0.15, -0.1) is 0 Å². The van der Waals surface area contributed by atoms with E-state index in [1.54, 1.807) is 0 Å². The molecule has 0 aliphatic heterocycles. The zero-order chi connectivity index (χ0) is 34.2. The topological polar surface area (TPSA) is 34.9 Å². The molecule has 8 aromatic carbocycles. The van der Waals surface area contributed by atoms with Gasteiger partial charge in [0.1, 0.15) is 5.69 Å². The SMILES string of the molecule is O=P(c1ccccc1)(c1ccccc1)c1ccc(-c2c(-c3ccccc3)c3c(-c4ccccc4)nn(-c4ccccc4)c3c3ccccc23)cc1. The van der Waals surface area contributed by atoms with Gasteiger partial charge in [0.15, 0.2) is 7.14 Å². The number of benzene rings is 8. The molecule has 0 N–H and O–H groups in total. The average molecular weight is 673 g/mol. The summed E-state index contributed by atoms with van der Waals surface area (Å²) in [6.45, 7) is 0. The van der Waals surface area contributed by atoms with E-state index in [1.165, 1.54) is 0 Å². The van der Waals surface area contributed by atoms with Gasteiger partial charge in [-0.3, -0.25) is 0 Å². The van der Waals surface area contributed by atoms with Crippen molar-refractivity contribution in [1.29, 1.82) is 0 Å². The summed E-state index contributed by atoms with van der Waals surface area (Å²) in [6, 6.07) is 68.3. The fourth-order valence-corrected chi connectivity index (χ4v) is 10.0. The molecule has 0 spiro atoms. The Morgan fingerprint density at radius 3 is 1.39 bits per heavy atom. The van der Waals surface area contributed by atoms with Crippen LogP contribution in [0.2, 0.25) is 0 Å². The summed E-state index contributed by atoms with van der Waals surface area (Å²) in [7, 11) is -3.14. The molecule has 0 radical (unpaired) electrons. The predicted octanol–water partition coefficient (Wildman–Crippen LogP) is 10.8. The smallest absolute Gasteiger partial charge is 0.171 e. The van der Waals surface area contributed by atoms with Crippen molar-refractivity contribution in [3.63, 3.8) is 0 Å². The molecule has 0 atom stereocenters. The summed E-state index contributed by atoms with van der Waals surface area (Å²) >= 11 is 0. The first-order chi connectivity index (χ1) is 25.2. The molecule has 1 aromatic heterocycles. The minimum Gasteiger partial charge on any atom is -0.309 e. The van der Waals surface area contributed by atoms with Crippen LogP contribution >= 0.6 is 7.14 Å². The van der Waals surface area contributed by atoms with E-state index in [9.17, 15) is 0 Å². The van der Waals surface area contributed by atoms with E-state index < -0.39 is 7.14 Å². The Hall–Kier alpha value is -6.28. The number of fused-ring (bicyclic) bond motifs is 3. The van der Waals surface area contributed by atoms with E-state index in [2.05, 4.69) is 132 Å². The second-order valence-corrected chi connectivity index (χ2v) is 15.4. The molecular weight excluding hydrogens is 640 g/mol. The van der Waals surface area contributed by atoms with E-state index >= 15 is 4.57 Å². The van der Waals surface area contributed by atoms with Crippen LogP contribution in [0.4, 0.5) is 0 Å². The molecule has 3 nitrogen and oxygen atoms in total. The first kappa shape index (κ1) is 30.8. The highest BCUT2D eigenvalue weighted by atomic mass is 31.2. The maximum Gasteiger partial charge on any atom is 0.171 e. The van der Waals surface area contributed by atoms with Gasteiger partial charge in [0, 0.05) is 37.8 Å². The van der Waals surface area contributed by atoms with Gasteiger partial charge in [0.05, 0.1) is 11.2 Å². The summed E-state index contributed by atoms with van der Waals surface area (Å²) in [5.41, 5.74) is 8.44. The molecule has 0 aliphatic carbocycles. The molecule has 0 saturated heterocycles. The van der Waals surface area contributed by atoms with Crippen LogP contribution in [0.25, 0.3) is 60.9 Å². The first-order valence-corrected chi connectivity index (χ1v) is 18.9. The lowest BCUT2D eigenvalue weighted by molar-refractivity contribution is 0.592. The highest BCUT2D eigenvalue weighted by molar-refractivity contribution is 7.85. The van der Waals surface area contributed by atoms with Crippen LogP contribution in [0.1, 0.15) is 0 Å². The predicted molar refractivity (Wildman–Crippen MR) is 214 cm³/mol. The number of hydrogen-bond donors (Lipinski definition) is 0. The Balaban J connectivity index is 1.37. The highest BCUT2D eigenvalue weighted by Gasteiger charge is 2.30. The zero-order valence-corrected chi connectivity index (χ0v) is 28.7. The largest absolute Gasteiger partial charge is 0.309 e. The van der Waals surface area contributed by atoms with Crippen molar-refractivity contribution in [2.24, 2.45) is 0 Å². The molecule has 0 aliphatic rings. The second-order valence-electron chi connectivity index (χ2n) is 12.7. The van der Waals surface area contributed by atoms with Crippen LogP contribution in [0.15, 0.2) is 200 Å². The van der Waals surface area contributed by atoms with Gasteiger partial charge in [-0.05, 0) is 34.2 Å². The van der Waals surface area contributed by atoms with Crippen molar-refractivity contribution in [3.05, 3.63) is 200 Å². The van der Waals surface area contributed by atoms with Crippen molar-refractivity contribution in [2.45, 2.75) is 0 Å². The maximum absolute atomic E-state index is 15.3. The Kier molecular flexibility index (Phi) is 7.76. The fraction of sp³-hybridized carbons (Fsp3) is 0. The van der Waals surface area contributed by atoms with Crippen molar-refractivity contribution in [2.75, 3.05) is 0 Å².